The monoisotopic (exact) mass is 419 g/mol. The average molecular weight is 420 g/mol. The minimum absolute atomic E-state index is 0.129. The van der Waals surface area contributed by atoms with Crippen molar-refractivity contribution >= 4 is 40.0 Å². The number of aliphatic hydroxyl groups excluding tert-OH is 1. The van der Waals surface area contributed by atoms with E-state index in [1.807, 2.05) is 10.6 Å². The second kappa shape index (κ2) is 7.36. The van der Waals surface area contributed by atoms with Gasteiger partial charge in [0, 0.05) is 43.0 Å². The molecule has 10 heteroatoms. The number of carbonyl (C=O) groups is 1. The number of H-pyrrole nitrogens is 1. The van der Waals surface area contributed by atoms with Crippen molar-refractivity contribution < 1.29 is 14.6 Å². The molecule has 0 bridgehead atoms. The summed E-state index contributed by atoms with van der Waals surface area (Å²) in [7, 11) is 0. The lowest BCUT2D eigenvalue weighted by Gasteiger charge is -2.28. The summed E-state index contributed by atoms with van der Waals surface area (Å²) in [5, 5.41) is 26.2. The van der Waals surface area contributed by atoms with Crippen LogP contribution < -0.4 is 4.74 Å². The van der Waals surface area contributed by atoms with Crippen molar-refractivity contribution in [3.05, 3.63) is 34.2 Å². The van der Waals surface area contributed by atoms with E-state index in [4.69, 9.17) is 33.2 Å². The van der Waals surface area contributed by atoms with Gasteiger partial charge in [-0.1, -0.05) is 23.2 Å². The standard InChI is InChI=1S/C18H15Cl2N5O3/c19-11-7-12(28-6-1-21)14-13(10-8-22-23-9-10)17-18(27)24(4-5-26)2-3-25(17)16(14)15(11)20/h7-9,26H,2-6H2,(H,22,23). The van der Waals surface area contributed by atoms with Crippen molar-refractivity contribution in [2.24, 2.45) is 0 Å². The number of amides is 1. The average Bonchev–Trinajstić information content (AvgIpc) is 3.32. The molecule has 2 N–H and O–H groups in total. The molecule has 1 amide bonds. The first-order valence-corrected chi connectivity index (χ1v) is 9.27. The van der Waals surface area contributed by atoms with Crippen molar-refractivity contribution in [2.45, 2.75) is 6.54 Å². The lowest BCUT2D eigenvalue weighted by Crippen LogP contribution is -2.41. The molecule has 0 unspecified atom stereocenters. The highest BCUT2D eigenvalue weighted by atomic mass is 35.5. The highest BCUT2D eigenvalue weighted by Gasteiger charge is 2.34. The van der Waals surface area contributed by atoms with E-state index in [-0.39, 0.29) is 30.7 Å². The number of halogens is 2. The fourth-order valence-corrected chi connectivity index (χ4v) is 4.03. The quantitative estimate of drug-likeness (QED) is 0.660. The predicted octanol–water partition coefficient (Wildman–Crippen LogP) is 2.69. The molecule has 8 nitrogen and oxygen atoms in total. The number of aliphatic hydroxyl groups is 1. The maximum absolute atomic E-state index is 13.2. The summed E-state index contributed by atoms with van der Waals surface area (Å²) < 4.78 is 7.44. The molecule has 1 aliphatic rings. The molecule has 1 aliphatic heterocycles. The molecule has 0 atom stereocenters. The molecule has 0 aliphatic carbocycles. The molecule has 3 aromatic rings. The third-order valence-corrected chi connectivity index (χ3v) is 5.50. The lowest BCUT2D eigenvalue weighted by atomic mass is 10.0. The number of hydrogen-bond acceptors (Lipinski definition) is 5. The van der Waals surface area contributed by atoms with Gasteiger partial charge in [-0.2, -0.15) is 10.4 Å². The van der Waals surface area contributed by atoms with Gasteiger partial charge in [-0.15, -0.1) is 0 Å². The fraction of sp³-hybridized carbons (Fsp3) is 0.278. The zero-order valence-corrected chi connectivity index (χ0v) is 16.1. The molecule has 0 fully saturated rings. The molecule has 0 saturated heterocycles. The molecule has 2 aromatic heterocycles. The van der Waals surface area contributed by atoms with Gasteiger partial charge in [-0.05, 0) is 0 Å². The normalized spacial score (nSPS) is 13.6. The van der Waals surface area contributed by atoms with Gasteiger partial charge in [0.15, 0.2) is 6.61 Å². The van der Waals surface area contributed by atoms with E-state index < -0.39 is 0 Å². The number of β-amino-alcohol motifs (C(OH)–C–C–N with tert-alkyl or cyclic N) is 1. The third kappa shape index (κ3) is 2.79. The highest BCUT2D eigenvalue weighted by molar-refractivity contribution is 6.46. The molecule has 3 heterocycles. The lowest BCUT2D eigenvalue weighted by molar-refractivity contribution is 0.0672. The van der Waals surface area contributed by atoms with Crippen molar-refractivity contribution in [3.63, 3.8) is 0 Å². The number of benzene rings is 1. The Morgan fingerprint density at radius 2 is 2.21 bits per heavy atom. The van der Waals surface area contributed by atoms with Gasteiger partial charge in [0.05, 0.1) is 33.8 Å². The van der Waals surface area contributed by atoms with Crippen LogP contribution in [0.1, 0.15) is 10.5 Å². The Hall–Kier alpha value is -2.73. The molecule has 0 saturated carbocycles. The number of aromatic amines is 1. The maximum atomic E-state index is 13.2. The number of carbonyl (C=O) groups excluding carboxylic acids is 1. The Morgan fingerprint density at radius 3 is 2.89 bits per heavy atom. The molecule has 0 radical (unpaired) electrons. The summed E-state index contributed by atoms with van der Waals surface area (Å²) in [6.45, 7) is 0.835. The summed E-state index contributed by atoms with van der Waals surface area (Å²) in [6, 6.07) is 3.49. The number of fused-ring (bicyclic) bond motifs is 3. The van der Waals surface area contributed by atoms with E-state index in [1.54, 1.807) is 23.4 Å². The molecular formula is C18H15Cl2N5O3. The van der Waals surface area contributed by atoms with Crippen molar-refractivity contribution in [3.8, 4) is 22.9 Å². The predicted molar refractivity (Wildman–Crippen MR) is 104 cm³/mol. The third-order valence-electron chi connectivity index (χ3n) is 4.72. The van der Waals surface area contributed by atoms with Crippen LogP contribution >= 0.6 is 23.2 Å². The molecule has 144 valence electrons. The van der Waals surface area contributed by atoms with E-state index in [2.05, 4.69) is 10.2 Å². The van der Waals surface area contributed by atoms with Gasteiger partial charge >= 0.3 is 0 Å². The number of hydrogen-bond donors (Lipinski definition) is 2. The van der Waals surface area contributed by atoms with Crippen LogP contribution in [0.25, 0.3) is 22.0 Å². The summed E-state index contributed by atoms with van der Waals surface area (Å²) >= 11 is 12.8. The Bertz CT molecular complexity index is 1100. The zero-order chi connectivity index (χ0) is 19.8. The van der Waals surface area contributed by atoms with Gasteiger partial charge in [-0.3, -0.25) is 9.89 Å². The molecular weight excluding hydrogens is 405 g/mol. The van der Waals surface area contributed by atoms with Gasteiger partial charge < -0.3 is 19.3 Å². The Labute approximate surface area is 169 Å². The van der Waals surface area contributed by atoms with E-state index in [1.165, 1.54) is 0 Å². The van der Waals surface area contributed by atoms with Crippen LogP contribution in [0.2, 0.25) is 10.0 Å². The van der Waals surface area contributed by atoms with Gasteiger partial charge in [0.25, 0.3) is 5.91 Å². The van der Waals surface area contributed by atoms with Gasteiger partial charge in [0.1, 0.15) is 17.5 Å². The molecule has 4 rings (SSSR count). The van der Waals surface area contributed by atoms with Crippen LogP contribution in [0.15, 0.2) is 18.5 Å². The van der Waals surface area contributed by atoms with E-state index >= 15 is 0 Å². The number of rotatable bonds is 5. The zero-order valence-electron chi connectivity index (χ0n) is 14.6. The van der Waals surface area contributed by atoms with Crippen LogP contribution in [0.4, 0.5) is 0 Å². The Kier molecular flexibility index (Phi) is 4.89. The van der Waals surface area contributed by atoms with Crippen molar-refractivity contribution in [1.82, 2.24) is 19.7 Å². The maximum Gasteiger partial charge on any atom is 0.271 e. The number of nitrogens with one attached hydrogen (secondary N) is 1. The second-order valence-corrected chi connectivity index (χ2v) is 7.00. The molecule has 28 heavy (non-hydrogen) atoms. The first kappa shape index (κ1) is 18.6. The van der Waals surface area contributed by atoms with Crippen molar-refractivity contribution in [1.29, 1.82) is 5.26 Å². The SMILES string of the molecule is N#CCOc1cc(Cl)c(Cl)c2c1c(-c1cn[nH]c1)c1n2CCN(CCO)C1=O. The second-order valence-electron chi connectivity index (χ2n) is 6.22. The summed E-state index contributed by atoms with van der Waals surface area (Å²) in [5.41, 5.74) is 2.27. The summed E-state index contributed by atoms with van der Waals surface area (Å²) in [5.74, 6) is 0.136. The Balaban J connectivity index is 2.09. The number of nitriles is 1. The van der Waals surface area contributed by atoms with Crippen LogP contribution in [-0.4, -0.2) is 57.0 Å². The summed E-state index contributed by atoms with van der Waals surface area (Å²) in [4.78, 5) is 14.8. The van der Waals surface area contributed by atoms with Crippen LogP contribution in [0.5, 0.6) is 5.75 Å². The van der Waals surface area contributed by atoms with Crippen LogP contribution in [0.3, 0.4) is 0 Å². The van der Waals surface area contributed by atoms with E-state index in [9.17, 15) is 9.90 Å². The topological polar surface area (TPSA) is 107 Å². The smallest absolute Gasteiger partial charge is 0.271 e. The Morgan fingerprint density at radius 1 is 1.39 bits per heavy atom. The number of ether oxygens (including phenoxy) is 1. The van der Waals surface area contributed by atoms with Crippen LogP contribution in [0, 0.1) is 11.3 Å². The van der Waals surface area contributed by atoms with Crippen LogP contribution in [-0.2, 0) is 6.54 Å². The first-order chi connectivity index (χ1) is 13.6. The highest BCUT2D eigenvalue weighted by Crippen LogP contribution is 2.46. The molecule has 0 spiro atoms. The minimum Gasteiger partial charge on any atom is -0.478 e. The van der Waals surface area contributed by atoms with Gasteiger partial charge in [-0.25, -0.2) is 0 Å². The minimum atomic E-state index is -0.230. The van der Waals surface area contributed by atoms with Crippen molar-refractivity contribution in [2.75, 3.05) is 26.3 Å². The summed E-state index contributed by atoms with van der Waals surface area (Å²) in [6.07, 6.45) is 3.27. The van der Waals surface area contributed by atoms with Gasteiger partial charge in [0.2, 0.25) is 0 Å². The fourth-order valence-electron chi connectivity index (χ4n) is 3.59. The number of nitrogens with zero attached hydrogens (tertiary/aromatic N) is 4. The first-order valence-electron chi connectivity index (χ1n) is 8.51. The number of aromatic nitrogens is 3. The largest absolute Gasteiger partial charge is 0.478 e. The molecule has 1 aromatic carbocycles. The van der Waals surface area contributed by atoms with E-state index in [0.717, 1.165) is 0 Å². The van der Waals surface area contributed by atoms with E-state index in [0.29, 0.717) is 51.6 Å².